The van der Waals surface area contributed by atoms with E-state index in [4.69, 9.17) is 9.47 Å². The average molecular weight is 424 g/mol. The molecule has 2 aromatic carbocycles. The second-order valence-corrected chi connectivity index (χ2v) is 7.17. The Morgan fingerprint density at radius 1 is 1.13 bits per heavy atom. The Morgan fingerprint density at radius 3 is 2.45 bits per heavy atom. The van der Waals surface area contributed by atoms with E-state index in [1.807, 2.05) is 6.92 Å². The number of carbonyl (C=O) groups is 4. The van der Waals surface area contributed by atoms with Crippen molar-refractivity contribution >= 4 is 34.9 Å². The van der Waals surface area contributed by atoms with Gasteiger partial charge in [-0.1, -0.05) is 6.92 Å². The molecular weight excluding hydrogens is 400 g/mol. The first-order valence-electron chi connectivity index (χ1n) is 9.99. The maximum absolute atomic E-state index is 12.8. The number of Topliss-reactive ketones (excluding diaryl/α,β-unsaturated/α-hetero) is 1. The second-order valence-electron chi connectivity index (χ2n) is 7.17. The maximum atomic E-state index is 12.8. The van der Waals surface area contributed by atoms with Crippen LogP contribution in [-0.2, 0) is 14.3 Å². The summed E-state index contributed by atoms with van der Waals surface area (Å²) in [5.41, 5.74) is 1.65. The SMILES string of the molecule is CCCOC(=O)c1ccc(NC(=O)C(C)N2C(=O)COc3ccc(C(C)=O)cc32)cc1. The van der Waals surface area contributed by atoms with E-state index in [0.717, 1.165) is 6.42 Å². The normalized spacial score (nSPS) is 13.6. The van der Waals surface area contributed by atoms with Gasteiger partial charge in [-0.25, -0.2) is 4.79 Å². The Balaban J connectivity index is 1.76. The van der Waals surface area contributed by atoms with Crippen LogP contribution in [0, 0.1) is 0 Å². The zero-order valence-corrected chi connectivity index (χ0v) is 17.6. The predicted molar refractivity (Wildman–Crippen MR) is 115 cm³/mol. The molecule has 0 radical (unpaired) electrons. The lowest BCUT2D eigenvalue weighted by Crippen LogP contribution is -2.49. The molecule has 2 aromatic rings. The third kappa shape index (κ3) is 4.91. The van der Waals surface area contributed by atoms with Gasteiger partial charge < -0.3 is 14.8 Å². The molecule has 0 saturated heterocycles. The van der Waals surface area contributed by atoms with Crippen LogP contribution in [0.25, 0.3) is 0 Å². The lowest BCUT2D eigenvalue weighted by atomic mass is 10.1. The first kappa shape index (κ1) is 22.0. The first-order chi connectivity index (χ1) is 14.8. The van der Waals surface area contributed by atoms with E-state index in [2.05, 4.69) is 5.32 Å². The number of hydrogen-bond acceptors (Lipinski definition) is 6. The summed E-state index contributed by atoms with van der Waals surface area (Å²) in [5, 5.41) is 2.74. The maximum Gasteiger partial charge on any atom is 0.338 e. The number of fused-ring (bicyclic) bond motifs is 1. The minimum absolute atomic E-state index is 0.157. The monoisotopic (exact) mass is 424 g/mol. The van der Waals surface area contributed by atoms with Crippen molar-refractivity contribution < 1.29 is 28.7 Å². The van der Waals surface area contributed by atoms with E-state index in [0.29, 0.717) is 34.9 Å². The third-order valence-electron chi connectivity index (χ3n) is 4.84. The van der Waals surface area contributed by atoms with Crippen LogP contribution in [0.5, 0.6) is 5.75 Å². The summed E-state index contributed by atoms with van der Waals surface area (Å²) in [6, 6.07) is 10.2. The van der Waals surface area contributed by atoms with Crippen molar-refractivity contribution in [3.8, 4) is 5.75 Å². The minimum Gasteiger partial charge on any atom is -0.482 e. The Morgan fingerprint density at radius 2 is 1.81 bits per heavy atom. The van der Waals surface area contributed by atoms with E-state index >= 15 is 0 Å². The molecule has 0 bridgehead atoms. The number of nitrogens with one attached hydrogen (secondary N) is 1. The van der Waals surface area contributed by atoms with Gasteiger partial charge in [-0.05, 0) is 62.7 Å². The van der Waals surface area contributed by atoms with Gasteiger partial charge in [-0.2, -0.15) is 0 Å². The molecule has 0 saturated carbocycles. The van der Waals surface area contributed by atoms with Crippen molar-refractivity contribution in [3.63, 3.8) is 0 Å². The van der Waals surface area contributed by atoms with Crippen LogP contribution in [-0.4, -0.2) is 42.8 Å². The molecule has 1 atom stereocenters. The summed E-state index contributed by atoms with van der Waals surface area (Å²) < 4.78 is 10.5. The first-order valence-corrected chi connectivity index (χ1v) is 9.99. The highest BCUT2D eigenvalue weighted by molar-refractivity contribution is 6.08. The number of benzene rings is 2. The summed E-state index contributed by atoms with van der Waals surface area (Å²) in [6.45, 7) is 5.08. The Bertz CT molecular complexity index is 1020. The van der Waals surface area contributed by atoms with Gasteiger partial charge in [-0.3, -0.25) is 19.3 Å². The van der Waals surface area contributed by atoms with E-state index in [9.17, 15) is 19.2 Å². The summed E-state index contributed by atoms with van der Waals surface area (Å²) in [5.74, 6) is -0.958. The van der Waals surface area contributed by atoms with E-state index in [1.54, 1.807) is 49.4 Å². The fourth-order valence-electron chi connectivity index (χ4n) is 3.15. The lowest BCUT2D eigenvalue weighted by molar-refractivity contribution is -0.125. The third-order valence-corrected chi connectivity index (χ3v) is 4.84. The average Bonchev–Trinajstić information content (AvgIpc) is 2.76. The van der Waals surface area contributed by atoms with Crippen LogP contribution in [0.4, 0.5) is 11.4 Å². The van der Waals surface area contributed by atoms with E-state index in [1.165, 1.54) is 11.8 Å². The Hall–Kier alpha value is -3.68. The molecule has 1 aliphatic heterocycles. The van der Waals surface area contributed by atoms with Crippen LogP contribution in [0.3, 0.4) is 0 Å². The van der Waals surface area contributed by atoms with Crippen molar-refractivity contribution in [1.82, 2.24) is 0 Å². The van der Waals surface area contributed by atoms with Gasteiger partial charge in [0, 0.05) is 11.3 Å². The van der Waals surface area contributed by atoms with Gasteiger partial charge in [0.2, 0.25) is 5.91 Å². The highest BCUT2D eigenvalue weighted by Crippen LogP contribution is 2.34. The molecule has 1 unspecified atom stereocenters. The van der Waals surface area contributed by atoms with Crippen molar-refractivity contribution in [2.45, 2.75) is 33.2 Å². The van der Waals surface area contributed by atoms with Crippen molar-refractivity contribution in [2.75, 3.05) is 23.4 Å². The Labute approximate surface area is 180 Å². The van der Waals surface area contributed by atoms with Crippen molar-refractivity contribution in [3.05, 3.63) is 53.6 Å². The fraction of sp³-hybridized carbons (Fsp3) is 0.304. The molecule has 0 aromatic heterocycles. The quantitative estimate of drug-likeness (QED) is 0.541. The number of hydrogen-bond donors (Lipinski definition) is 1. The molecule has 31 heavy (non-hydrogen) atoms. The molecule has 1 N–H and O–H groups in total. The van der Waals surface area contributed by atoms with Crippen LogP contribution in [0.15, 0.2) is 42.5 Å². The van der Waals surface area contributed by atoms with Crippen LogP contribution < -0.4 is 15.0 Å². The predicted octanol–water partition coefficient (Wildman–Crippen LogP) is 3.21. The zero-order valence-electron chi connectivity index (χ0n) is 17.6. The summed E-state index contributed by atoms with van der Waals surface area (Å²) in [7, 11) is 0. The molecule has 3 rings (SSSR count). The lowest BCUT2D eigenvalue weighted by Gasteiger charge is -2.33. The number of nitrogens with zero attached hydrogens (tertiary/aromatic N) is 1. The molecule has 8 heteroatoms. The molecule has 0 fully saturated rings. The summed E-state index contributed by atoms with van der Waals surface area (Å²) in [4.78, 5) is 50.3. The number of carbonyl (C=O) groups excluding carboxylic acids is 4. The minimum atomic E-state index is -0.855. The number of ether oxygens (including phenoxy) is 2. The van der Waals surface area contributed by atoms with E-state index < -0.39 is 17.9 Å². The van der Waals surface area contributed by atoms with Crippen molar-refractivity contribution in [1.29, 1.82) is 0 Å². The topological polar surface area (TPSA) is 102 Å². The van der Waals surface area contributed by atoms with Gasteiger partial charge in [0.25, 0.3) is 5.91 Å². The smallest absolute Gasteiger partial charge is 0.338 e. The van der Waals surface area contributed by atoms with Gasteiger partial charge in [0.15, 0.2) is 12.4 Å². The highest BCUT2D eigenvalue weighted by Gasteiger charge is 2.33. The van der Waals surface area contributed by atoms with Crippen LogP contribution in [0.2, 0.25) is 0 Å². The summed E-state index contributed by atoms with van der Waals surface area (Å²) in [6.07, 6.45) is 0.731. The van der Waals surface area contributed by atoms with Gasteiger partial charge in [0.05, 0.1) is 17.9 Å². The molecule has 1 heterocycles. The van der Waals surface area contributed by atoms with Gasteiger partial charge in [0.1, 0.15) is 11.8 Å². The van der Waals surface area contributed by atoms with Crippen LogP contribution in [0.1, 0.15) is 47.9 Å². The van der Waals surface area contributed by atoms with E-state index in [-0.39, 0.29) is 18.3 Å². The molecule has 0 aliphatic carbocycles. The molecule has 2 amide bonds. The van der Waals surface area contributed by atoms with Crippen LogP contribution >= 0.6 is 0 Å². The number of amides is 2. The number of anilines is 2. The number of esters is 1. The second kappa shape index (κ2) is 9.42. The fourth-order valence-corrected chi connectivity index (χ4v) is 3.15. The largest absolute Gasteiger partial charge is 0.482 e. The van der Waals surface area contributed by atoms with Crippen molar-refractivity contribution in [2.24, 2.45) is 0 Å². The molecule has 162 valence electrons. The summed E-state index contributed by atoms with van der Waals surface area (Å²) >= 11 is 0. The molecule has 8 nitrogen and oxygen atoms in total. The molecule has 0 spiro atoms. The molecule has 1 aliphatic rings. The zero-order chi connectivity index (χ0) is 22.5. The van der Waals surface area contributed by atoms with Gasteiger partial charge in [-0.15, -0.1) is 0 Å². The number of ketones is 1. The van der Waals surface area contributed by atoms with Gasteiger partial charge >= 0.3 is 5.97 Å². The Kier molecular flexibility index (Phi) is 6.69. The molecular formula is C23H24N2O6. The highest BCUT2D eigenvalue weighted by atomic mass is 16.5. The standard InChI is InChI=1S/C23H24N2O6/c1-4-11-30-23(29)16-5-8-18(9-6-16)24-22(28)14(2)25-19-12-17(15(3)26)7-10-20(19)31-13-21(25)27/h5-10,12,14H,4,11,13H2,1-3H3,(H,24,28). The number of rotatable bonds is 7.